The first-order valence-corrected chi connectivity index (χ1v) is 13.1. The fourth-order valence-corrected chi connectivity index (χ4v) is 5.55. The molecule has 0 saturated carbocycles. The van der Waals surface area contributed by atoms with E-state index >= 15 is 0 Å². The van der Waals surface area contributed by atoms with Gasteiger partial charge in [0.25, 0.3) is 0 Å². The van der Waals surface area contributed by atoms with Gasteiger partial charge in [0, 0.05) is 16.0 Å². The molecule has 0 aliphatic heterocycles. The van der Waals surface area contributed by atoms with Crippen molar-refractivity contribution in [2.75, 3.05) is 5.32 Å². The minimum Gasteiger partial charge on any atom is -0.475 e. The first-order chi connectivity index (χ1) is 18.5. The van der Waals surface area contributed by atoms with Crippen LogP contribution in [0, 0.1) is 5.41 Å². The highest BCUT2D eigenvalue weighted by molar-refractivity contribution is 7.17. The zero-order valence-electron chi connectivity index (χ0n) is 20.0. The predicted molar refractivity (Wildman–Crippen MR) is 148 cm³/mol. The Kier molecular flexibility index (Phi) is 8.27. The molecule has 0 aliphatic rings. The number of fused-ring (bicyclic) bond motifs is 2. The Morgan fingerprint density at radius 2 is 1.74 bits per heavy atom. The van der Waals surface area contributed by atoms with Gasteiger partial charge in [-0.1, -0.05) is 30.3 Å². The Hall–Kier alpha value is -4.29. The Morgan fingerprint density at radius 3 is 2.41 bits per heavy atom. The number of thiophene rings is 1. The molecule has 0 spiro atoms. The van der Waals surface area contributed by atoms with Gasteiger partial charge >= 0.3 is 12.1 Å². The molecule has 0 bridgehead atoms. The number of nitrogens with zero attached hydrogens (tertiary/aromatic N) is 1. The SMILES string of the molecule is N=C(N)c1ccc2scc([C@@H](Cc3ccccc3)C(=O)Nc3ccc4ncsc4c3)c2c1.O=C(O)C(F)(F)F. The van der Waals surface area contributed by atoms with Gasteiger partial charge in [-0.2, -0.15) is 13.2 Å². The van der Waals surface area contributed by atoms with Crippen molar-refractivity contribution < 1.29 is 27.9 Å². The number of aliphatic carboxylic acids is 1. The predicted octanol–water partition coefficient (Wildman–Crippen LogP) is 6.39. The number of carboxylic acid groups (broad SMARTS) is 1. The number of nitrogens with one attached hydrogen (secondary N) is 2. The van der Waals surface area contributed by atoms with Crippen LogP contribution in [0.2, 0.25) is 0 Å². The smallest absolute Gasteiger partial charge is 0.475 e. The van der Waals surface area contributed by atoms with Gasteiger partial charge in [0.1, 0.15) is 5.84 Å². The van der Waals surface area contributed by atoms with E-state index in [9.17, 15) is 18.0 Å². The highest BCUT2D eigenvalue weighted by atomic mass is 32.1. The van der Waals surface area contributed by atoms with E-state index in [0.717, 1.165) is 37.1 Å². The summed E-state index contributed by atoms with van der Waals surface area (Å²) in [6, 6.07) is 21.5. The summed E-state index contributed by atoms with van der Waals surface area (Å²) in [4.78, 5) is 26.8. The van der Waals surface area contributed by atoms with Crippen LogP contribution in [0.25, 0.3) is 20.3 Å². The molecule has 39 heavy (non-hydrogen) atoms. The molecule has 3 aromatic carbocycles. The van der Waals surface area contributed by atoms with Crippen molar-refractivity contribution in [2.45, 2.75) is 18.5 Å². The molecule has 0 radical (unpaired) electrons. The first-order valence-electron chi connectivity index (χ1n) is 11.4. The van der Waals surface area contributed by atoms with Crippen LogP contribution in [0.3, 0.4) is 0 Å². The van der Waals surface area contributed by atoms with E-state index in [-0.39, 0.29) is 17.7 Å². The lowest BCUT2D eigenvalue weighted by Crippen LogP contribution is -2.23. The van der Waals surface area contributed by atoms with Crippen molar-refractivity contribution in [3.05, 3.63) is 94.3 Å². The molecular weight excluding hydrogens is 549 g/mol. The Balaban J connectivity index is 0.000000448. The number of benzene rings is 3. The average molecular weight is 571 g/mol. The maximum Gasteiger partial charge on any atom is 0.490 e. The summed E-state index contributed by atoms with van der Waals surface area (Å²) >= 11 is 3.15. The topological polar surface area (TPSA) is 129 Å². The van der Waals surface area contributed by atoms with Crippen LogP contribution in [-0.4, -0.2) is 34.0 Å². The number of amides is 1. The Labute approximate surface area is 228 Å². The number of aromatic nitrogens is 1. The van der Waals surface area contributed by atoms with Gasteiger partial charge in [0.05, 0.1) is 21.6 Å². The summed E-state index contributed by atoms with van der Waals surface area (Å²) in [6.07, 6.45) is -4.51. The van der Waals surface area contributed by atoms with Gasteiger partial charge in [-0.15, -0.1) is 22.7 Å². The van der Waals surface area contributed by atoms with Gasteiger partial charge in [-0.3, -0.25) is 10.2 Å². The maximum atomic E-state index is 13.6. The third-order valence-electron chi connectivity index (χ3n) is 5.73. The molecular formula is C27H21F3N4O3S2. The van der Waals surface area contributed by atoms with E-state index in [0.29, 0.717) is 12.0 Å². The van der Waals surface area contributed by atoms with Gasteiger partial charge < -0.3 is 16.2 Å². The second-order valence-corrected chi connectivity index (χ2v) is 10.2. The van der Waals surface area contributed by atoms with Crippen molar-refractivity contribution in [1.29, 1.82) is 5.41 Å². The van der Waals surface area contributed by atoms with Gasteiger partial charge in [-0.25, -0.2) is 9.78 Å². The van der Waals surface area contributed by atoms with E-state index < -0.39 is 12.1 Å². The Morgan fingerprint density at radius 1 is 1.03 bits per heavy atom. The summed E-state index contributed by atoms with van der Waals surface area (Å²) < 4.78 is 33.8. The molecule has 12 heteroatoms. The number of rotatable bonds is 6. The third kappa shape index (κ3) is 6.78. The summed E-state index contributed by atoms with van der Waals surface area (Å²) in [5.74, 6) is -3.19. The van der Waals surface area contributed by atoms with E-state index in [1.165, 1.54) is 0 Å². The number of nitrogens with two attached hydrogens (primary N) is 1. The number of nitrogen functional groups attached to an aromatic ring is 1. The molecule has 1 atom stereocenters. The average Bonchev–Trinajstić information content (AvgIpc) is 3.54. The molecule has 0 saturated heterocycles. The van der Waals surface area contributed by atoms with Crippen LogP contribution >= 0.6 is 22.7 Å². The molecule has 200 valence electrons. The lowest BCUT2D eigenvalue weighted by molar-refractivity contribution is -0.192. The summed E-state index contributed by atoms with van der Waals surface area (Å²) in [7, 11) is 0. The fraction of sp³-hybridized carbons (Fsp3) is 0.111. The molecule has 5 N–H and O–H groups in total. The van der Waals surface area contributed by atoms with E-state index in [2.05, 4.69) is 10.3 Å². The zero-order chi connectivity index (χ0) is 28.2. The standard InChI is InChI=1S/C25H20N4OS2.C2HF3O2/c26-24(27)16-6-9-22-18(11-16)20(13-31-22)19(10-15-4-2-1-3-5-15)25(30)29-17-7-8-21-23(12-17)32-14-28-21;3-2(4,5)1(6)7/h1-9,11-14,19H,10H2,(H3,26,27)(H,29,30);(H,6,7)/t19-;/m1./s1. The van der Waals surface area contributed by atoms with Crippen molar-refractivity contribution in [2.24, 2.45) is 5.73 Å². The minimum absolute atomic E-state index is 0.0194. The van der Waals surface area contributed by atoms with Crippen LogP contribution in [0.4, 0.5) is 18.9 Å². The second kappa shape index (κ2) is 11.6. The quantitative estimate of drug-likeness (QED) is 0.139. The lowest BCUT2D eigenvalue weighted by atomic mass is 9.90. The van der Waals surface area contributed by atoms with E-state index in [1.807, 2.05) is 72.1 Å². The fourth-order valence-electron chi connectivity index (χ4n) is 3.84. The molecule has 2 heterocycles. The van der Waals surface area contributed by atoms with Crippen molar-refractivity contribution in [1.82, 2.24) is 4.98 Å². The molecule has 5 aromatic rings. The van der Waals surface area contributed by atoms with Crippen LogP contribution in [0.5, 0.6) is 0 Å². The molecule has 5 rings (SSSR count). The Bertz CT molecular complexity index is 1650. The monoisotopic (exact) mass is 570 g/mol. The number of carbonyl (C=O) groups excluding carboxylic acids is 1. The van der Waals surface area contributed by atoms with Gasteiger partial charge in [0.15, 0.2) is 0 Å². The van der Waals surface area contributed by atoms with E-state index in [1.54, 1.807) is 28.2 Å². The molecule has 2 aromatic heterocycles. The highest BCUT2D eigenvalue weighted by Crippen LogP contribution is 2.35. The summed E-state index contributed by atoms with van der Waals surface area (Å²) in [6.45, 7) is 0. The molecule has 0 fully saturated rings. The van der Waals surface area contributed by atoms with Crippen LogP contribution in [0.15, 0.2) is 77.6 Å². The van der Waals surface area contributed by atoms with Crippen LogP contribution < -0.4 is 11.1 Å². The van der Waals surface area contributed by atoms with Crippen molar-refractivity contribution >= 4 is 66.4 Å². The molecule has 7 nitrogen and oxygen atoms in total. The van der Waals surface area contributed by atoms with Crippen LogP contribution in [-0.2, 0) is 16.0 Å². The number of hydrogen-bond acceptors (Lipinski definition) is 6. The number of amidine groups is 1. The second-order valence-electron chi connectivity index (χ2n) is 8.38. The third-order valence-corrected chi connectivity index (χ3v) is 7.50. The number of halogens is 3. The zero-order valence-corrected chi connectivity index (χ0v) is 21.7. The normalized spacial score (nSPS) is 12.0. The number of thiazole rings is 1. The summed E-state index contributed by atoms with van der Waals surface area (Å²) in [5, 5.41) is 21.1. The number of hydrogen-bond donors (Lipinski definition) is 4. The number of anilines is 1. The first kappa shape index (κ1) is 27.7. The van der Waals surface area contributed by atoms with Crippen molar-refractivity contribution in [3.63, 3.8) is 0 Å². The highest BCUT2D eigenvalue weighted by Gasteiger charge is 2.38. The number of alkyl halides is 3. The molecule has 1 amide bonds. The van der Waals surface area contributed by atoms with Gasteiger partial charge in [-0.05, 0) is 64.7 Å². The lowest BCUT2D eigenvalue weighted by Gasteiger charge is -2.17. The molecule has 0 unspecified atom stereocenters. The molecule has 0 aliphatic carbocycles. The largest absolute Gasteiger partial charge is 0.490 e. The number of carboxylic acids is 1. The maximum absolute atomic E-state index is 13.6. The van der Waals surface area contributed by atoms with E-state index in [4.69, 9.17) is 21.0 Å². The van der Waals surface area contributed by atoms with Crippen LogP contribution in [0.1, 0.15) is 22.6 Å². The summed E-state index contributed by atoms with van der Waals surface area (Å²) in [5.41, 5.74) is 11.9. The minimum atomic E-state index is -5.08. The number of carbonyl (C=O) groups is 2. The van der Waals surface area contributed by atoms with Gasteiger partial charge in [0.2, 0.25) is 5.91 Å². The van der Waals surface area contributed by atoms with Crippen molar-refractivity contribution in [3.8, 4) is 0 Å².